The van der Waals surface area contributed by atoms with E-state index in [0.717, 1.165) is 27.7 Å². The Labute approximate surface area is 186 Å². The lowest BCUT2D eigenvalue weighted by atomic mass is 9.73. The van der Waals surface area contributed by atoms with Gasteiger partial charge in [0.25, 0.3) is 0 Å². The summed E-state index contributed by atoms with van der Waals surface area (Å²) < 4.78 is 20.0. The molecule has 1 aliphatic heterocycles. The van der Waals surface area contributed by atoms with Gasteiger partial charge in [0.2, 0.25) is 0 Å². The van der Waals surface area contributed by atoms with E-state index in [0.29, 0.717) is 32.5 Å². The van der Waals surface area contributed by atoms with Gasteiger partial charge >= 0.3 is 6.09 Å². The van der Waals surface area contributed by atoms with Gasteiger partial charge in [0.05, 0.1) is 24.4 Å². The zero-order valence-corrected chi connectivity index (χ0v) is 18.6. The topological polar surface area (TPSA) is 81.7 Å². The Morgan fingerprint density at radius 3 is 2.59 bits per heavy atom. The summed E-state index contributed by atoms with van der Waals surface area (Å²) in [5.74, 6) is -0.289. The van der Waals surface area contributed by atoms with Crippen LogP contribution in [0.15, 0.2) is 42.6 Å². The number of aromatic nitrogens is 2. The molecule has 170 valence electrons. The maximum absolute atomic E-state index is 13.6. The first kappa shape index (κ1) is 22.1. The zero-order valence-electron chi connectivity index (χ0n) is 18.6. The molecule has 3 aromatic rings. The van der Waals surface area contributed by atoms with Crippen LogP contribution in [0.2, 0.25) is 0 Å². The Balaban J connectivity index is 1.60. The molecule has 0 bridgehead atoms. The lowest BCUT2D eigenvalue weighted by Crippen LogP contribution is -2.47. The van der Waals surface area contributed by atoms with Crippen molar-refractivity contribution in [2.24, 2.45) is 0 Å². The highest BCUT2D eigenvalue weighted by Crippen LogP contribution is 2.38. The van der Waals surface area contributed by atoms with Crippen LogP contribution in [0.4, 0.5) is 14.9 Å². The first-order valence-electron chi connectivity index (χ1n) is 10.8. The van der Waals surface area contributed by atoms with Crippen molar-refractivity contribution in [3.8, 4) is 0 Å². The fourth-order valence-electron chi connectivity index (χ4n) is 4.47. The minimum Gasteiger partial charge on any atom is -0.465 e. The number of amides is 1. The quantitative estimate of drug-likeness (QED) is 0.587. The van der Waals surface area contributed by atoms with Crippen LogP contribution in [-0.2, 0) is 10.2 Å². The molecule has 1 saturated heterocycles. The van der Waals surface area contributed by atoms with E-state index in [1.54, 1.807) is 18.3 Å². The van der Waals surface area contributed by atoms with Gasteiger partial charge in [-0.25, -0.2) is 9.18 Å². The molecule has 32 heavy (non-hydrogen) atoms. The van der Waals surface area contributed by atoms with Crippen LogP contribution in [0.5, 0.6) is 0 Å². The van der Waals surface area contributed by atoms with Gasteiger partial charge in [0.15, 0.2) is 0 Å². The average Bonchev–Trinajstić information content (AvgIpc) is 3.26. The van der Waals surface area contributed by atoms with Crippen molar-refractivity contribution >= 4 is 22.7 Å². The van der Waals surface area contributed by atoms with E-state index in [2.05, 4.69) is 22.3 Å². The average molecular weight is 441 g/mol. The molecule has 1 unspecified atom stereocenters. The van der Waals surface area contributed by atoms with Crippen LogP contribution < -0.4 is 4.90 Å². The third-order valence-corrected chi connectivity index (χ3v) is 6.58. The zero-order chi connectivity index (χ0) is 22.9. The van der Waals surface area contributed by atoms with Crippen molar-refractivity contribution in [1.82, 2.24) is 15.1 Å². The van der Waals surface area contributed by atoms with Gasteiger partial charge in [-0.2, -0.15) is 5.10 Å². The highest BCUT2D eigenvalue weighted by Gasteiger charge is 2.38. The molecule has 2 N–H and O–H groups in total. The molecule has 8 heteroatoms. The number of H-pyrrole nitrogens is 1. The van der Waals surface area contributed by atoms with Crippen molar-refractivity contribution in [3.63, 3.8) is 0 Å². The maximum Gasteiger partial charge on any atom is 0.407 e. The van der Waals surface area contributed by atoms with Crippen LogP contribution in [0.3, 0.4) is 0 Å². The Bertz CT molecular complexity index is 1090. The lowest BCUT2D eigenvalue weighted by molar-refractivity contribution is 0.00558. The van der Waals surface area contributed by atoms with Gasteiger partial charge in [-0.1, -0.05) is 12.1 Å². The number of carboxylic acid groups (broad SMARTS) is 1. The summed E-state index contributed by atoms with van der Waals surface area (Å²) in [6, 6.07) is 10.7. The normalized spacial score (nSPS) is 16.8. The lowest BCUT2D eigenvalue weighted by Gasteiger charge is -2.41. The highest BCUT2D eigenvalue weighted by molar-refractivity contribution is 5.85. The maximum atomic E-state index is 13.6. The van der Waals surface area contributed by atoms with Gasteiger partial charge in [0.1, 0.15) is 5.82 Å². The molecule has 0 aliphatic carbocycles. The number of fused-ring (bicyclic) bond motifs is 1. The van der Waals surface area contributed by atoms with Crippen LogP contribution in [0, 0.1) is 5.82 Å². The summed E-state index contributed by atoms with van der Waals surface area (Å²) in [5.41, 5.74) is 3.62. The van der Waals surface area contributed by atoms with Gasteiger partial charge < -0.3 is 19.6 Å². The summed E-state index contributed by atoms with van der Waals surface area (Å²) in [4.78, 5) is 14.9. The van der Waals surface area contributed by atoms with Crippen LogP contribution >= 0.6 is 0 Å². The van der Waals surface area contributed by atoms with Gasteiger partial charge in [-0.05, 0) is 49.6 Å². The fourth-order valence-corrected chi connectivity index (χ4v) is 4.47. The number of aromatic amines is 1. The minimum absolute atomic E-state index is 0.215. The van der Waals surface area contributed by atoms with Crippen LogP contribution in [-0.4, -0.2) is 60.1 Å². The molecular formula is C24H29FN4O3. The van der Waals surface area contributed by atoms with E-state index in [1.807, 2.05) is 25.9 Å². The third kappa shape index (κ3) is 4.27. The van der Waals surface area contributed by atoms with Crippen LogP contribution in [0.1, 0.15) is 37.0 Å². The second-order valence-corrected chi connectivity index (χ2v) is 8.77. The van der Waals surface area contributed by atoms with Crippen molar-refractivity contribution in [3.05, 3.63) is 59.5 Å². The predicted molar refractivity (Wildman–Crippen MR) is 122 cm³/mol. The number of rotatable bonds is 6. The van der Waals surface area contributed by atoms with Gasteiger partial charge in [-0.15, -0.1) is 0 Å². The van der Waals surface area contributed by atoms with E-state index in [9.17, 15) is 14.3 Å². The highest BCUT2D eigenvalue weighted by atomic mass is 19.1. The van der Waals surface area contributed by atoms with Gasteiger partial charge in [0, 0.05) is 49.2 Å². The number of nitrogens with zero attached hydrogens (tertiary/aromatic N) is 3. The Kier molecular flexibility index (Phi) is 6.06. The van der Waals surface area contributed by atoms with Crippen molar-refractivity contribution in [1.29, 1.82) is 0 Å². The molecule has 2 heterocycles. The Hall–Kier alpha value is -3.13. The van der Waals surface area contributed by atoms with Crippen LogP contribution in [0.25, 0.3) is 10.9 Å². The van der Waals surface area contributed by atoms with Gasteiger partial charge in [-0.3, -0.25) is 5.10 Å². The molecule has 7 nitrogen and oxygen atoms in total. The number of anilines is 1. The summed E-state index contributed by atoms with van der Waals surface area (Å²) in [6.07, 6.45) is 1.92. The monoisotopic (exact) mass is 440 g/mol. The number of carbonyl (C=O) groups is 1. The molecular weight excluding hydrogens is 411 g/mol. The molecule has 4 rings (SSSR count). The van der Waals surface area contributed by atoms with E-state index >= 15 is 0 Å². The first-order chi connectivity index (χ1) is 15.3. The van der Waals surface area contributed by atoms with E-state index in [-0.39, 0.29) is 17.3 Å². The molecule has 1 fully saturated rings. The second-order valence-electron chi connectivity index (χ2n) is 8.77. The summed E-state index contributed by atoms with van der Waals surface area (Å²) >= 11 is 0. The number of likely N-dealkylation sites (tertiary alicyclic amines) is 1. The SMILES string of the molecule is CC(OCC1(c2ccc(F)cc2)CCN(C(=O)O)CC1)c1cc(N(C)C)cc2cn[nH]c12. The van der Waals surface area contributed by atoms with E-state index < -0.39 is 6.09 Å². The molecule has 1 amide bonds. The predicted octanol–water partition coefficient (Wildman–Crippen LogP) is 4.56. The minimum atomic E-state index is -0.908. The number of benzene rings is 2. The number of hydrogen-bond acceptors (Lipinski definition) is 4. The summed E-state index contributed by atoms with van der Waals surface area (Å²) in [5, 5.41) is 17.7. The molecule has 2 aromatic carbocycles. The largest absolute Gasteiger partial charge is 0.465 e. The standard InChI is InChI=1S/C24H29FN4O3/c1-16(21-13-20(28(2)3)12-17-14-26-27-22(17)21)32-15-24(18-4-6-19(25)7-5-18)8-10-29(11-9-24)23(30)31/h4-7,12-14,16H,8-11,15H2,1-3H3,(H,26,27)(H,30,31). The summed E-state index contributed by atoms with van der Waals surface area (Å²) in [7, 11) is 3.99. The number of ether oxygens (including phenoxy) is 1. The van der Waals surface area contributed by atoms with Crippen molar-refractivity contribution in [2.45, 2.75) is 31.3 Å². The number of hydrogen-bond donors (Lipinski definition) is 2. The van der Waals surface area contributed by atoms with Crippen molar-refractivity contribution in [2.75, 3.05) is 38.7 Å². The summed E-state index contributed by atoms with van der Waals surface area (Å²) in [6.45, 7) is 3.27. The number of piperidine rings is 1. The molecule has 1 aromatic heterocycles. The smallest absolute Gasteiger partial charge is 0.407 e. The van der Waals surface area contributed by atoms with E-state index in [4.69, 9.17) is 4.74 Å². The molecule has 0 saturated carbocycles. The fraction of sp³-hybridized carbons (Fsp3) is 0.417. The van der Waals surface area contributed by atoms with E-state index in [1.165, 1.54) is 17.0 Å². The molecule has 0 spiro atoms. The third-order valence-electron chi connectivity index (χ3n) is 6.58. The molecule has 0 radical (unpaired) electrons. The molecule has 1 atom stereocenters. The number of halogens is 1. The Morgan fingerprint density at radius 1 is 1.28 bits per heavy atom. The second kappa shape index (κ2) is 8.78. The first-order valence-corrected chi connectivity index (χ1v) is 10.8. The molecule has 1 aliphatic rings. The Morgan fingerprint density at radius 2 is 1.97 bits per heavy atom. The van der Waals surface area contributed by atoms with Crippen molar-refractivity contribution < 1.29 is 19.0 Å². The number of nitrogens with one attached hydrogen (secondary N) is 1.